The zero-order valence-electron chi connectivity index (χ0n) is 10.3. The van der Waals surface area contributed by atoms with Crippen LogP contribution in [0.3, 0.4) is 0 Å². The first-order valence-corrected chi connectivity index (χ1v) is 5.79. The van der Waals surface area contributed by atoms with Gasteiger partial charge in [-0.25, -0.2) is 8.78 Å². The molecule has 1 atom stereocenters. The Morgan fingerprint density at radius 3 is 2.68 bits per heavy atom. The molecule has 1 aromatic carbocycles. The molecule has 0 aromatic heterocycles. The van der Waals surface area contributed by atoms with Crippen molar-refractivity contribution in [2.45, 2.75) is 13.3 Å². The molecule has 1 saturated heterocycles. The van der Waals surface area contributed by atoms with Crippen LogP contribution >= 0.6 is 0 Å². The highest BCUT2D eigenvalue weighted by Crippen LogP contribution is 2.28. The maximum Gasteiger partial charge on any atom is 0.227 e. The Morgan fingerprint density at radius 1 is 1.47 bits per heavy atom. The SMILES string of the molecule is Cc1c(F)cc(N2CC(CN=[N+]=[N-])CC2=O)cc1F. The first kappa shape index (κ1) is 13.3. The van der Waals surface area contributed by atoms with Crippen LogP contribution in [0.25, 0.3) is 10.4 Å². The Morgan fingerprint density at radius 2 is 2.11 bits per heavy atom. The van der Waals surface area contributed by atoms with E-state index < -0.39 is 11.6 Å². The van der Waals surface area contributed by atoms with Crippen LogP contribution in [0.5, 0.6) is 0 Å². The average Bonchev–Trinajstić information content (AvgIpc) is 2.74. The lowest BCUT2D eigenvalue weighted by Gasteiger charge is -2.17. The highest BCUT2D eigenvalue weighted by Gasteiger charge is 2.30. The maximum absolute atomic E-state index is 13.5. The van der Waals surface area contributed by atoms with Crippen LogP contribution < -0.4 is 4.90 Å². The number of carbonyl (C=O) groups excluding carboxylic acids is 1. The molecule has 19 heavy (non-hydrogen) atoms. The minimum atomic E-state index is -0.679. The first-order valence-electron chi connectivity index (χ1n) is 5.79. The Labute approximate surface area is 108 Å². The Hall–Kier alpha value is -2.14. The van der Waals surface area contributed by atoms with E-state index in [1.807, 2.05) is 0 Å². The van der Waals surface area contributed by atoms with Crippen molar-refractivity contribution in [2.24, 2.45) is 11.0 Å². The molecular formula is C12H12F2N4O. The van der Waals surface area contributed by atoms with E-state index in [1.54, 1.807) is 0 Å². The molecule has 0 radical (unpaired) electrons. The third-order valence-corrected chi connectivity index (χ3v) is 3.19. The van der Waals surface area contributed by atoms with Crippen molar-refractivity contribution in [1.82, 2.24) is 0 Å². The van der Waals surface area contributed by atoms with Gasteiger partial charge < -0.3 is 4.90 Å². The lowest BCUT2D eigenvalue weighted by molar-refractivity contribution is -0.117. The number of rotatable bonds is 3. The molecule has 1 unspecified atom stereocenters. The number of amides is 1. The molecule has 1 aromatic rings. The van der Waals surface area contributed by atoms with E-state index in [2.05, 4.69) is 10.0 Å². The van der Waals surface area contributed by atoms with Crippen molar-refractivity contribution in [3.8, 4) is 0 Å². The van der Waals surface area contributed by atoms with Crippen molar-refractivity contribution in [1.29, 1.82) is 0 Å². The molecule has 1 fully saturated rings. The summed E-state index contributed by atoms with van der Waals surface area (Å²) >= 11 is 0. The molecule has 2 rings (SSSR count). The summed E-state index contributed by atoms with van der Waals surface area (Å²) in [6.07, 6.45) is 0.218. The van der Waals surface area contributed by atoms with Crippen molar-refractivity contribution in [2.75, 3.05) is 18.0 Å². The monoisotopic (exact) mass is 266 g/mol. The summed E-state index contributed by atoms with van der Waals surface area (Å²) in [4.78, 5) is 15.8. The van der Waals surface area contributed by atoms with Crippen molar-refractivity contribution in [3.05, 3.63) is 39.8 Å². The van der Waals surface area contributed by atoms with E-state index in [-0.39, 0.29) is 36.0 Å². The van der Waals surface area contributed by atoms with Crippen LogP contribution in [0.2, 0.25) is 0 Å². The molecule has 1 aliphatic rings. The number of benzene rings is 1. The van der Waals surface area contributed by atoms with Gasteiger partial charge in [0, 0.05) is 35.7 Å². The van der Waals surface area contributed by atoms with Gasteiger partial charge in [-0.1, -0.05) is 5.11 Å². The van der Waals surface area contributed by atoms with Gasteiger partial charge in [0.2, 0.25) is 5.91 Å². The van der Waals surface area contributed by atoms with Crippen LogP contribution in [0.15, 0.2) is 17.2 Å². The number of anilines is 1. The van der Waals surface area contributed by atoms with Gasteiger partial charge in [0.1, 0.15) is 11.6 Å². The van der Waals surface area contributed by atoms with Gasteiger partial charge >= 0.3 is 0 Å². The van der Waals surface area contributed by atoms with E-state index in [0.29, 0.717) is 6.54 Å². The number of azide groups is 1. The van der Waals surface area contributed by atoms with E-state index >= 15 is 0 Å². The second-order valence-electron chi connectivity index (χ2n) is 4.52. The largest absolute Gasteiger partial charge is 0.312 e. The average molecular weight is 266 g/mol. The predicted octanol–water partition coefficient (Wildman–Crippen LogP) is 2.94. The van der Waals surface area contributed by atoms with Crippen molar-refractivity contribution in [3.63, 3.8) is 0 Å². The molecule has 100 valence electrons. The molecule has 0 N–H and O–H groups in total. The smallest absolute Gasteiger partial charge is 0.227 e. The normalized spacial score (nSPS) is 18.6. The number of carbonyl (C=O) groups is 1. The fraction of sp³-hybridized carbons (Fsp3) is 0.417. The zero-order valence-corrected chi connectivity index (χ0v) is 10.3. The molecule has 5 nitrogen and oxygen atoms in total. The lowest BCUT2D eigenvalue weighted by atomic mass is 10.1. The predicted molar refractivity (Wildman–Crippen MR) is 65.6 cm³/mol. The van der Waals surface area contributed by atoms with E-state index in [1.165, 1.54) is 11.8 Å². The molecule has 7 heteroatoms. The van der Waals surface area contributed by atoms with Crippen LogP contribution in [0.1, 0.15) is 12.0 Å². The van der Waals surface area contributed by atoms with Gasteiger partial charge in [0.15, 0.2) is 0 Å². The van der Waals surface area contributed by atoms with Crippen molar-refractivity contribution < 1.29 is 13.6 Å². The second kappa shape index (κ2) is 5.24. The van der Waals surface area contributed by atoms with Crippen LogP contribution in [0.4, 0.5) is 14.5 Å². The molecule has 0 spiro atoms. The Balaban J connectivity index is 2.23. The van der Waals surface area contributed by atoms with Gasteiger partial charge in [0.25, 0.3) is 0 Å². The fourth-order valence-corrected chi connectivity index (χ4v) is 2.09. The van der Waals surface area contributed by atoms with Gasteiger partial charge in [-0.05, 0) is 30.5 Å². The lowest BCUT2D eigenvalue weighted by Crippen LogP contribution is -2.25. The van der Waals surface area contributed by atoms with Gasteiger partial charge in [-0.15, -0.1) is 0 Å². The summed E-state index contributed by atoms with van der Waals surface area (Å²) < 4.78 is 27.0. The number of halogens is 2. The molecule has 0 aliphatic carbocycles. The molecule has 0 bridgehead atoms. The quantitative estimate of drug-likeness (QED) is 0.471. The van der Waals surface area contributed by atoms with E-state index in [0.717, 1.165) is 12.1 Å². The topological polar surface area (TPSA) is 69.1 Å². The molecule has 1 heterocycles. The molecule has 0 saturated carbocycles. The van der Waals surface area contributed by atoms with Gasteiger partial charge in [-0.3, -0.25) is 4.79 Å². The molecular weight excluding hydrogens is 254 g/mol. The zero-order chi connectivity index (χ0) is 14.0. The fourth-order valence-electron chi connectivity index (χ4n) is 2.09. The summed E-state index contributed by atoms with van der Waals surface area (Å²) in [5, 5.41) is 3.42. The summed E-state index contributed by atoms with van der Waals surface area (Å²) in [5.74, 6) is -1.70. The third kappa shape index (κ3) is 2.66. The third-order valence-electron chi connectivity index (χ3n) is 3.19. The Bertz CT molecular complexity index is 546. The second-order valence-corrected chi connectivity index (χ2v) is 4.52. The highest BCUT2D eigenvalue weighted by atomic mass is 19.1. The number of nitrogens with zero attached hydrogens (tertiary/aromatic N) is 4. The number of hydrogen-bond acceptors (Lipinski definition) is 2. The maximum atomic E-state index is 13.5. The van der Waals surface area contributed by atoms with Crippen LogP contribution in [0, 0.1) is 24.5 Å². The Kier molecular flexibility index (Phi) is 3.66. The summed E-state index contributed by atoms with van der Waals surface area (Å²) in [7, 11) is 0. The first-order chi connectivity index (χ1) is 9.02. The molecule has 1 amide bonds. The van der Waals surface area contributed by atoms with Gasteiger partial charge in [-0.2, -0.15) is 0 Å². The summed E-state index contributed by atoms with van der Waals surface area (Å²) in [5.41, 5.74) is 8.37. The highest BCUT2D eigenvalue weighted by molar-refractivity contribution is 5.95. The summed E-state index contributed by atoms with van der Waals surface area (Å²) in [6.45, 7) is 1.85. The minimum Gasteiger partial charge on any atom is -0.312 e. The van der Waals surface area contributed by atoms with Gasteiger partial charge in [0.05, 0.1) is 0 Å². The standard InChI is InChI=1S/C12H12F2N4O/c1-7-10(13)3-9(4-11(7)14)18-6-8(2-12(18)19)5-16-17-15/h3-4,8H,2,5-6H2,1H3. The minimum absolute atomic E-state index is 0.0685. The van der Waals surface area contributed by atoms with Crippen LogP contribution in [-0.4, -0.2) is 19.0 Å². The van der Waals surface area contributed by atoms with E-state index in [9.17, 15) is 13.6 Å². The van der Waals surface area contributed by atoms with E-state index in [4.69, 9.17) is 5.53 Å². The van der Waals surface area contributed by atoms with Crippen LogP contribution in [-0.2, 0) is 4.79 Å². The number of hydrogen-bond donors (Lipinski definition) is 0. The summed E-state index contributed by atoms with van der Waals surface area (Å²) in [6, 6.07) is 2.29. The van der Waals surface area contributed by atoms with Crippen molar-refractivity contribution >= 4 is 11.6 Å². The molecule has 1 aliphatic heterocycles.